The second-order valence-corrected chi connectivity index (χ2v) is 6.86. The third kappa shape index (κ3) is 3.00. The van der Waals surface area contributed by atoms with E-state index in [0.717, 1.165) is 17.5 Å². The second-order valence-electron chi connectivity index (χ2n) is 6.86. The molecule has 2 aromatic carbocycles. The third-order valence-corrected chi connectivity index (χ3v) is 4.85. The molecule has 1 aromatic heterocycles. The SMILES string of the molecule is Cc1ccc(C(C)(C)c2cnc(C=O)n2-c2ccc(F)cc2)cc1C. The molecule has 3 rings (SSSR count). The fourth-order valence-electron chi connectivity index (χ4n) is 3.03. The van der Waals surface area contributed by atoms with Gasteiger partial charge in [0.15, 0.2) is 12.1 Å². The van der Waals surface area contributed by atoms with E-state index in [1.54, 1.807) is 22.9 Å². The smallest absolute Gasteiger partial charge is 0.185 e. The summed E-state index contributed by atoms with van der Waals surface area (Å²) in [6, 6.07) is 12.5. The van der Waals surface area contributed by atoms with Gasteiger partial charge >= 0.3 is 0 Å². The minimum atomic E-state index is -0.374. The van der Waals surface area contributed by atoms with Crippen LogP contribution in [0.15, 0.2) is 48.7 Å². The molecule has 0 saturated heterocycles. The topological polar surface area (TPSA) is 34.9 Å². The monoisotopic (exact) mass is 336 g/mol. The van der Waals surface area contributed by atoms with Crippen LogP contribution < -0.4 is 0 Å². The van der Waals surface area contributed by atoms with E-state index in [2.05, 4.69) is 50.9 Å². The number of aldehydes is 1. The first-order valence-corrected chi connectivity index (χ1v) is 8.21. The Hall–Kier alpha value is -2.75. The molecule has 0 unspecified atom stereocenters. The zero-order chi connectivity index (χ0) is 18.2. The first-order chi connectivity index (χ1) is 11.8. The summed E-state index contributed by atoms with van der Waals surface area (Å²) in [5.74, 6) is -0.00925. The lowest BCUT2D eigenvalue weighted by atomic mass is 9.80. The van der Waals surface area contributed by atoms with Crippen molar-refractivity contribution in [2.75, 3.05) is 0 Å². The lowest BCUT2D eigenvalue weighted by Gasteiger charge is -2.28. The Morgan fingerprint density at radius 3 is 2.32 bits per heavy atom. The van der Waals surface area contributed by atoms with Gasteiger partial charge in [0.1, 0.15) is 5.82 Å². The van der Waals surface area contributed by atoms with Gasteiger partial charge in [-0.25, -0.2) is 9.37 Å². The van der Waals surface area contributed by atoms with Crippen LogP contribution in [0.4, 0.5) is 4.39 Å². The molecule has 0 amide bonds. The molecule has 3 nitrogen and oxygen atoms in total. The van der Waals surface area contributed by atoms with Gasteiger partial charge in [-0.05, 0) is 54.8 Å². The number of carbonyl (C=O) groups is 1. The molecular weight excluding hydrogens is 315 g/mol. The van der Waals surface area contributed by atoms with Crippen LogP contribution in [0.2, 0.25) is 0 Å². The van der Waals surface area contributed by atoms with Gasteiger partial charge in [-0.2, -0.15) is 0 Å². The summed E-state index contributed by atoms with van der Waals surface area (Å²) >= 11 is 0. The van der Waals surface area contributed by atoms with E-state index in [1.807, 2.05) is 0 Å². The molecule has 0 atom stereocenters. The zero-order valence-corrected chi connectivity index (χ0v) is 14.9. The predicted molar refractivity (Wildman–Crippen MR) is 97.0 cm³/mol. The molecule has 0 aliphatic heterocycles. The van der Waals surface area contributed by atoms with Gasteiger partial charge in [0.05, 0.1) is 11.9 Å². The quantitative estimate of drug-likeness (QED) is 0.644. The molecule has 0 fully saturated rings. The lowest BCUT2D eigenvalue weighted by Crippen LogP contribution is -2.23. The Kier molecular flexibility index (Phi) is 4.29. The molecule has 0 aliphatic rings. The molecule has 0 aliphatic carbocycles. The number of aryl methyl sites for hydroxylation is 2. The van der Waals surface area contributed by atoms with Crippen LogP contribution in [-0.2, 0) is 5.41 Å². The number of halogens is 1. The molecule has 0 radical (unpaired) electrons. The van der Waals surface area contributed by atoms with Gasteiger partial charge < -0.3 is 0 Å². The molecular formula is C21H21FN2O. The number of imidazole rings is 1. The van der Waals surface area contributed by atoms with E-state index in [9.17, 15) is 9.18 Å². The van der Waals surface area contributed by atoms with Crippen LogP contribution in [0.1, 0.15) is 46.9 Å². The zero-order valence-electron chi connectivity index (χ0n) is 14.9. The van der Waals surface area contributed by atoms with Crippen molar-refractivity contribution < 1.29 is 9.18 Å². The average Bonchev–Trinajstić information content (AvgIpc) is 3.02. The van der Waals surface area contributed by atoms with Gasteiger partial charge in [0, 0.05) is 11.1 Å². The molecule has 0 saturated carbocycles. The van der Waals surface area contributed by atoms with Crippen LogP contribution in [-0.4, -0.2) is 15.8 Å². The van der Waals surface area contributed by atoms with E-state index < -0.39 is 0 Å². The Labute approximate surface area is 147 Å². The summed E-state index contributed by atoms with van der Waals surface area (Å²) in [6.07, 6.45) is 2.45. The summed E-state index contributed by atoms with van der Waals surface area (Å²) in [5.41, 5.74) is 4.81. The highest BCUT2D eigenvalue weighted by molar-refractivity contribution is 5.71. The van der Waals surface area contributed by atoms with Gasteiger partial charge in [0.25, 0.3) is 0 Å². The van der Waals surface area contributed by atoms with E-state index in [0.29, 0.717) is 11.5 Å². The predicted octanol–water partition coefficient (Wildman–Crippen LogP) is 4.77. The van der Waals surface area contributed by atoms with Crippen LogP contribution in [0.25, 0.3) is 5.69 Å². The summed E-state index contributed by atoms with van der Waals surface area (Å²) < 4.78 is 15.1. The standard InChI is InChI=1S/C21H21FN2O/c1-14-5-6-16(11-15(14)2)21(3,4)19-12-23-20(13-25)24(19)18-9-7-17(22)8-10-18/h5-13H,1-4H3. The van der Waals surface area contributed by atoms with E-state index in [1.165, 1.54) is 23.3 Å². The van der Waals surface area contributed by atoms with Crippen LogP contribution in [0.3, 0.4) is 0 Å². The Morgan fingerprint density at radius 1 is 1.04 bits per heavy atom. The third-order valence-electron chi connectivity index (χ3n) is 4.85. The highest BCUT2D eigenvalue weighted by atomic mass is 19.1. The normalized spacial score (nSPS) is 11.6. The maximum absolute atomic E-state index is 13.3. The number of nitrogens with zero attached hydrogens (tertiary/aromatic N) is 2. The van der Waals surface area contributed by atoms with Crippen molar-refractivity contribution in [3.8, 4) is 5.69 Å². The molecule has 0 N–H and O–H groups in total. The Bertz CT molecular complexity index is 924. The average molecular weight is 336 g/mol. The molecule has 1 heterocycles. The Balaban J connectivity index is 2.19. The maximum Gasteiger partial charge on any atom is 0.185 e. The fourth-order valence-corrected chi connectivity index (χ4v) is 3.03. The number of hydrogen-bond donors (Lipinski definition) is 0. The van der Waals surface area contributed by atoms with Crippen molar-refractivity contribution in [2.24, 2.45) is 0 Å². The minimum absolute atomic E-state index is 0.304. The van der Waals surface area contributed by atoms with Crippen molar-refractivity contribution in [2.45, 2.75) is 33.1 Å². The van der Waals surface area contributed by atoms with Crippen LogP contribution in [0, 0.1) is 19.7 Å². The number of hydrogen-bond acceptors (Lipinski definition) is 2. The van der Waals surface area contributed by atoms with Crippen LogP contribution in [0.5, 0.6) is 0 Å². The maximum atomic E-state index is 13.3. The van der Waals surface area contributed by atoms with Crippen LogP contribution >= 0.6 is 0 Å². The first-order valence-electron chi connectivity index (χ1n) is 8.21. The largest absolute Gasteiger partial charge is 0.294 e. The summed E-state index contributed by atoms with van der Waals surface area (Å²) in [5, 5.41) is 0. The van der Waals surface area contributed by atoms with Gasteiger partial charge in [0.2, 0.25) is 0 Å². The highest BCUT2D eigenvalue weighted by Gasteiger charge is 2.29. The number of carbonyl (C=O) groups excluding carboxylic acids is 1. The summed E-state index contributed by atoms with van der Waals surface area (Å²) in [6.45, 7) is 8.37. The van der Waals surface area contributed by atoms with Crippen molar-refractivity contribution in [3.63, 3.8) is 0 Å². The second kappa shape index (κ2) is 6.28. The van der Waals surface area contributed by atoms with Crippen molar-refractivity contribution in [1.82, 2.24) is 9.55 Å². The van der Waals surface area contributed by atoms with E-state index >= 15 is 0 Å². The number of rotatable bonds is 4. The van der Waals surface area contributed by atoms with E-state index in [-0.39, 0.29) is 11.2 Å². The Morgan fingerprint density at radius 2 is 1.72 bits per heavy atom. The van der Waals surface area contributed by atoms with E-state index in [4.69, 9.17) is 0 Å². The molecule has 0 bridgehead atoms. The number of benzene rings is 2. The highest BCUT2D eigenvalue weighted by Crippen LogP contribution is 2.34. The van der Waals surface area contributed by atoms with Gasteiger partial charge in [-0.3, -0.25) is 9.36 Å². The molecule has 128 valence electrons. The summed E-state index contributed by atoms with van der Waals surface area (Å²) in [7, 11) is 0. The van der Waals surface area contributed by atoms with Gasteiger partial charge in [-0.15, -0.1) is 0 Å². The fraction of sp³-hybridized carbons (Fsp3) is 0.238. The number of aromatic nitrogens is 2. The van der Waals surface area contributed by atoms with Gasteiger partial charge in [-0.1, -0.05) is 32.0 Å². The first kappa shape index (κ1) is 17.1. The summed E-state index contributed by atoms with van der Waals surface area (Å²) in [4.78, 5) is 15.8. The molecule has 4 heteroatoms. The molecule has 25 heavy (non-hydrogen) atoms. The minimum Gasteiger partial charge on any atom is -0.294 e. The lowest BCUT2D eigenvalue weighted by molar-refractivity contribution is 0.111. The van der Waals surface area contributed by atoms with Crippen molar-refractivity contribution >= 4 is 6.29 Å². The van der Waals surface area contributed by atoms with Crippen molar-refractivity contribution in [1.29, 1.82) is 0 Å². The van der Waals surface area contributed by atoms with Crippen molar-refractivity contribution in [3.05, 3.63) is 82.7 Å². The molecule has 0 spiro atoms. The molecule has 3 aromatic rings.